The van der Waals surface area contributed by atoms with E-state index in [1.165, 1.54) is 0 Å². The Morgan fingerprint density at radius 2 is 1.68 bits per heavy atom. The van der Waals surface area contributed by atoms with Crippen LogP contribution in [0, 0.1) is 0 Å². The summed E-state index contributed by atoms with van der Waals surface area (Å²) in [7, 11) is 5.01. The summed E-state index contributed by atoms with van der Waals surface area (Å²) in [5.74, 6) is 0. The van der Waals surface area contributed by atoms with Gasteiger partial charge in [-0.1, -0.05) is 0 Å². The molecule has 1 rings (SSSR count). The minimum absolute atomic E-state index is 0.00308. The lowest BCUT2D eigenvalue weighted by Gasteiger charge is -2.21. The maximum Gasteiger partial charge on any atom is 0.0971 e. The number of aliphatic hydroxyl groups excluding tert-OH is 1. The van der Waals surface area contributed by atoms with Gasteiger partial charge in [0.05, 0.1) is 37.6 Å². The molecule has 114 valence electrons. The molecule has 1 heterocycles. The fourth-order valence-electron chi connectivity index (χ4n) is 2.33. The molecule has 19 heavy (non-hydrogen) atoms. The second-order valence-corrected chi connectivity index (χ2v) is 5.02. The lowest BCUT2D eigenvalue weighted by Crippen LogP contribution is -2.35. The molecule has 1 saturated heterocycles. The first-order valence-electron chi connectivity index (χ1n) is 6.67. The van der Waals surface area contributed by atoms with Crippen molar-refractivity contribution in [1.82, 2.24) is 4.90 Å². The van der Waals surface area contributed by atoms with E-state index in [1.54, 1.807) is 21.3 Å². The molecule has 0 aliphatic carbocycles. The highest BCUT2D eigenvalue weighted by Crippen LogP contribution is 2.15. The third kappa shape index (κ3) is 5.72. The normalized spacial score (nSPS) is 27.6. The van der Waals surface area contributed by atoms with Gasteiger partial charge in [0, 0.05) is 41.0 Å². The van der Waals surface area contributed by atoms with Crippen molar-refractivity contribution < 1.29 is 24.1 Å². The number of β-amino-alcohol motifs (C(OH)–C–C–N with tert-alkyl or cyclic N) is 1. The quantitative estimate of drug-likeness (QED) is 0.627. The van der Waals surface area contributed by atoms with Crippen molar-refractivity contribution in [1.29, 1.82) is 0 Å². The monoisotopic (exact) mass is 277 g/mol. The summed E-state index contributed by atoms with van der Waals surface area (Å²) in [6, 6.07) is 0. The molecule has 0 spiro atoms. The summed E-state index contributed by atoms with van der Waals surface area (Å²) in [5, 5.41) is 9.96. The molecule has 4 atom stereocenters. The summed E-state index contributed by atoms with van der Waals surface area (Å²) >= 11 is 0. The Morgan fingerprint density at radius 1 is 1.11 bits per heavy atom. The van der Waals surface area contributed by atoms with Crippen LogP contribution in [0.5, 0.6) is 0 Å². The average molecular weight is 277 g/mol. The van der Waals surface area contributed by atoms with E-state index in [0.29, 0.717) is 19.8 Å². The summed E-state index contributed by atoms with van der Waals surface area (Å²) in [6.07, 6.45) is -0.361. The highest BCUT2D eigenvalue weighted by atomic mass is 16.5. The van der Waals surface area contributed by atoms with E-state index in [0.717, 1.165) is 13.1 Å². The van der Waals surface area contributed by atoms with E-state index in [2.05, 4.69) is 4.90 Å². The molecule has 0 bridgehead atoms. The van der Waals surface area contributed by atoms with E-state index >= 15 is 0 Å². The maximum absolute atomic E-state index is 9.96. The van der Waals surface area contributed by atoms with Crippen molar-refractivity contribution in [3.63, 3.8) is 0 Å². The maximum atomic E-state index is 9.96. The van der Waals surface area contributed by atoms with Crippen LogP contribution in [0.25, 0.3) is 0 Å². The average Bonchev–Trinajstić information content (AvgIpc) is 2.78. The van der Waals surface area contributed by atoms with Crippen LogP contribution >= 0.6 is 0 Å². The second-order valence-electron chi connectivity index (χ2n) is 5.02. The van der Waals surface area contributed by atoms with Crippen molar-refractivity contribution in [3.8, 4) is 0 Å². The lowest BCUT2D eigenvalue weighted by atomic mass is 10.3. The number of hydrogen-bond donors (Lipinski definition) is 1. The first kappa shape index (κ1) is 16.8. The van der Waals surface area contributed by atoms with Crippen molar-refractivity contribution in [2.45, 2.75) is 31.3 Å². The third-order valence-corrected chi connectivity index (χ3v) is 3.34. The molecule has 0 radical (unpaired) electrons. The number of aliphatic hydroxyl groups is 1. The van der Waals surface area contributed by atoms with Crippen molar-refractivity contribution in [3.05, 3.63) is 0 Å². The molecule has 4 unspecified atom stereocenters. The van der Waals surface area contributed by atoms with Crippen LogP contribution in [0.2, 0.25) is 0 Å². The molecular formula is C13H27NO5. The third-order valence-electron chi connectivity index (χ3n) is 3.34. The van der Waals surface area contributed by atoms with E-state index in [1.807, 2.05) is 6.92 Å². The van der Waals surface area contributed by atoms with Crippen LogP contribution in [-0.4, -0.2) is 88.6 Å². The molecule has 6 heteroatoms. The predicted octanol–water partition coefficient (Wildman–Crippen LogP) is -0.256. The minimum Gasteiger partial charge on any atom is -0.389 e. The number of rotatable bonds is 9. The number of ether oxygens (including phenoxy) is 4. The number of hydrogen-bond acceptors (Lipinski definition) is 6. The topological polar surface area (TPSA) is 60.4 Å². The van der Waals surface area contributed by atoms with Crippen molar-refractivity contribution in [2.75, 3.05) is 54.2 Å². The van der Waals surface area contributed by atoms with Gasteiger partial charge in [0.2, 0.25) is 0 Å². The van der Waals surface area contributed by atoms with Gasteiger partial charge >= 0.3 is 0 Å². The zero-order valence-corrected chi connectivity index (χ0v) is 12.4. The van der Waals surface area contributed by atoms with Gasteiger partial charge in [-0.15, -0.1) is 0 Å². The molecule has 1 fully saturated rings. The van der Waals surface area contributed by atoms with Crippen LogP contribution < -0.4 is 0 Å². The highest BCUT2D eigenvalue weighted by molar-refractivity contribution is 4.86. The van der Waals surface area contributed by atoms with Crippen LogP contribution in [0.1, 0.15) is 6.92 Å². The SMILES string of the molecule is COCC(C)OCC(O)CN1CC(OC)C(OC)C1. The Labute approximate surface area is 115 Å². The van der Waals surface area contributed by atoms with Crippen LogP contribution in [-0.2, 0) is 18.9 Å². The summed E-state index contributed by atoms with van der Waals surface area (Å²) in [6.45, 7) is 4.90. The summed E-state index contributed by atoms with van der Waals surface area (Å²) in [4.78, 5) is 2.14. The Bertz CT molecular complexity index is 229. The molecule has 1 aliphatic rings. The molecule has 1 N–H and O–H groups in total. The molecule has 6 nitrogen and oxygen atoms in total. The minimum atomic E-state index is -0.507. The molecule has 0 amide bonds. The van der Waals surface area contributed by atoms with E-state index < -0.39 is 6.10 Å². The summed E-state index contributed by atoms with van der Waals surface area (Å²) in [5.41, 5.74) is 0. The molecule has 0 aromatic rings. The smallest absolute Gasteiger partial charge is 0.0971 e. The van der Waals surface area contributed by atoms with Gasteiger partial charge in [-0.3, -0.25) is 4.90 Å². The van der Waals surface area contributed by atoms with Crippen LogP contribution in [0.3, 0.4) is 0 Å². The Morgan fingerprint density at radius 3 is 2.16 bits per heavy atom. The van der Waals surface area contributed by atoms with Gasteiger partial charge < -0.3 is 24.1 Å². The first-order chi connectivity index (χ1) is 9.10. The molecular weight excluding hydrogens is 250 g/mol. The first-order valence-corrected chi connectivity index (χ1v) is 6.67. The fraction of sp³-hybridized carbons (Fsp3) is 1.00. The molecule has 0 aromatic heterocycles. The second kappa shape index (κ2) is 8.84. The molecule has 0 aromatic carbocycles. The van der Waals surface area contributed by atoms with Gasteiger partial charge in [-0.2, -0.15) is 0 Å². The van der Waals surface area contributed by atoms with E-state index in [9.17, 15) is 5.11 Å². The van der Waals surface area contributed by atoms with Crippen molar-refractivity contribution >= 4 is 0 Å². The van der Waals surface area contributed by atoms with E-state index in [-0.39, 0.29) is 18.3 Å². The van der Waals surface area contributed by atoms with Crippen LogP contribution in [0.15, 0.2) is 0 Å². The zero-order valence-electron chi connectivity index (χ0n) is 12.4. The van der Waals surface area contributed by atoms with Gasteiger partial charge in [-0.25, -0.2) is 0 Å². The van der Waals surface area contributed by atoms with Gasteiger partial charge in [0.15, 0.2) is 0 Å². The number of methoxy groups -OCH3 is 3. The zero-order chi connectivity index (χ0) is 14.3. The molecule has 1 aliphatic heterocycles. The Balaban J connectivity index is 2.24. The van der Waals surface area contributed by atoms with E-state index in [4.69, 9.17) is 18.9 Å². The van der Waals surface area contributed by atoms with Gasteiger partial charge in [-0.05, 0) is 6.92 Å². The number of nitrogens with zero attached hydrogens (tertiary/aromatic N) is 1. The van der Waals surface area contributed by atoms with Gasteiger partial charge in [0.1, 0.15) is 0 Å². The number of likely N-dealkylation sites (tertiary alicyclic amines) is 1. The van der Waals surface area contributed by atoms with Gasteiger partial charge in [0.25, 0.3) is 0 Å². The van der Waals surface area contributed by atoms with Crippen LogP contribution in [0.4, 0.5) is 0 Å². The fourth-order valence-corrected chi connectivity index (χ4v) is 2.33. The van der Waals surface area contributed by atoms with Crippen molar-refractivity contribution in [2.24, 2.45) is 0 Å². The molecule has 0 saturated carbocycles. The Kier molecular flexibility index (Phi) is 7.82. The lowest BCUT2D eigenvalue weighted by molar-refractivity contribution is -0.0391. The highest BCUT2D eigenvalue weighted by Gasteiger charge is 2.33. The largest absolute Gasteiger partial charge is 0.389 e. The standard InChI is InChI=1S/C13H27NO5/c1-10(8-16-2)19-9-11(15)5-14-6-12(17-3)13(7-14)18-4/h10-13,15H,5-9H2,1-4H3. The predicted molar refractivity (Wildman–Crippen MR) is 71.3 cm³/mol. The Hall–Kier alpha value is -0.240. The summed E-state index contributed by atoms with van der Waals surface area (Å²) < 4.78 is 21.2.